The van der Waals surface area contributed by atoms with Crippen molar-refractivity contribution in [3.8, 4) is 5.75 Å². The fraction of sp³-hybridized carbons (Fsp3) is 0.323. The number of benzene rings is 3. The number of nitro groups is 1. The summed E-state index contributed by atoms with van der Waals surface area (Å²) in [7, 11) is 0. The van der Waals surface area contributed by atoms with E-state index in [1.165, 1.54) is 13.8 Å². The number of hydrogen-bond donors (Lipinski definition) is 2. The predicted molar refractivity (Wildman–Crippen MR) is 167 cm³/mol. The molecule has 3 aromatic carbocycles. The number of ketones is 1. The molecule has 0 aliphatic rings. The Morgan fingerprint density at radius 1 is 0.860 bits per heavy atom. The molecule has 0 saturated carbocycles. The number of carbonyl (C=O) groups is 3. The van der Waals surface area contributed by atoms with E-state index in [0.717, 1.165) is 5.69 Å². The summed E-state index contributed by atoms with van der Waals surface area (Å²) in [6, 6.07) is 25.1. The topological polar surface area (TPSA) is 180 Å². The molecule has 0 atom stereocenters. The summed E-state index contributed by atoms with van der Waals surface area (Å²) < 4.78 is 5.65. The minimum atomic E-state index is -1.20. The van der Waals surface area contributed by atoms with Crippen molar-refractivity contribution in [1.29, 1.82) is 0 Å². The number of Topliss-reactive ketones (excluding diaryl/α,β-unsaturated/α-hetero) is 1. The quantitative estimate of drug-likeness (QED) is 0.0769. The molecule has 43 heavy (non-hydrogen) atoms. The predicted octanol–water partition coefficient (Wildman–Crippen LogP) is 6.55. The fourth-order valence-electron chi connectivity index (χ4n) is 2.98. The highest BCUT2D eigenvalue weighted by Crippen LogP contribution is 2.31. The van der Waals surface area contributed by atoms with E-state index in [1.54, 1.807) is 62.4 Å². The molecule has 0 bridgehead atoms. The Kier molecular flexibility index (Phi) is 15.2. The molecule has 11 nitrogen and oxygen atoms in total. The molecule has 0 spiro atoms. The van der Waals surface area contributed by atoms with Crippen LogP contribution in [0.15, 0.2) is 95.2 Å². The van der Waals surface area contributed by atoms with Gasteiger partial charge in [-0.15, -0.1) is 16.7 Å². The van der Waals surface area contributed by atoms with Crippen LogP contribution in [0.5, 0.6) is 5.75 Å². The number of carbonyl (C=O) groups excluding carboxylic acids is 3. The van der Waals surface area contributed by atoms with Crippen LogP contribution in [0, 0.1) is 10.1 Å². The number of ether oxygens (including phenoxy) is 1. The van der Waals surface area contributed by atoms with Gasteiger partial charge in [-0.1, -0.05) is 60.7 Å². The van der Waals surface area contributed by atoms with Gasteiger partial charge in [-0.05, 0) is 44.5 Å². The van der Waals surface area contributed by atoms with Gasteiger partial charge in [-0.25, -0.2) is 0 Å². The molecule has 0 fully saturated rings. The zero-order valence-electron chi connectivity index (χ0n) is 24.7. The Morgan fingerprint density at radius 3 is 1.88 bits per heavy atom. The number of rotatable bonds is 12. The van der Waals surface area contributed by atoms with Crippen LogP contribution in [0.4, 0.5) is 11.4 Å². The van der Waals surface area contributed by atoms with Gasteiger partial charge in [0, 0.05) is 36.6 Å². The first-order valence-electron chi connectivity index (χ1n) is 13.3. The van der Waals surface area contributed by atoms with Crippen molar-refractivity contribution in [2.75, 3.05) is 5.88 Å². The van der Waals surface area contributed by atoms with Gasteiger partial charge in [0.05, 0.1) is 12.1 Å². The zero-order valence-corrected chi connectivity index (χ0v) is 25.5. The van der Waals surface area contributed by atoms with Crippen LogP contribution in [-0.4, -0.2) is 39.5 Å². The Morgan fingerprint density at radius 2 is 1.40 bits per heavy atom. The lowest BCUT2D eigenvalue weighted by Gasteiger charge is -2.23. The van der Waals surface area contributed by atoms with Gasteiger partial charge in [-0.2, -0.15) is 5.11 Å². The standard InChI is InChI=1S/C16H17N3O2.C11H13NO3.C4H8ClNO/c1-16(2,15(17)20)21-14-11-7-6-10-13(14)19-18-12-8-4-3-5-9-12;1-11(2,12(14)15)8-10(13)9-6-4-3-5-7-9;5-3-1-2-4(6)7/h3-11H,1-2H3,(H2,17,20);3-7H,8H2,1-2H3;1-3H2,(H2,6,7). The second kappa shape index (κ2) is 18.0. The van der Waals surface area contributed by atoms with Crippen molar-refractivity contribution in [2.45, 2.75) is 58.1 Å². The lowest BCUT2D eigenvalue weighted by atomic mass is 9.95. The van der Waals surface area contributed by atoms with Gasteiger partial charge in [0.25, 0.3) is 5.91 Å². The second-order valence-corrected chi connectivity index (χ2v) is 10.7. The third kappa shape index (κ3) is 14.2. The maximum Gasteiger partial charge on any atom is 0.261 e. The molecular weight excluding hydrogens is 574 g/mol. The van der Waals surface area contributed by atoms with Gasteiger partial charge in [0.2, 0.25) is 11.4 Å². The summed E-state index contributed by atoms with van der Waals surface area (Å²) in [6.45, 7) is 6.13. The third-order valence-electron chi connectivity index (χ3n) is 5.59. The lowest BCUT2D eigenvalue weighted by molar-refractivity contribution is -0.558. The zero-order chi connectivity index (χ0) is 32.5. The molecule has 0 aliphatic heterocycles. The number of amides is 2. The first-order chi connectivity index (χ1) is 20.2. The highest BCUT2D eigenvalue weighted by Gasteiger charge is 2.33. The number of alkyl halides is 1. The van der Waals surface area contributed by atoms with Crippen LogP contribution in [-0.2, 0) is 9.59 Å². The smallest absolute Gasteiger partial charge is 0.261 e. The summed E-state index contributed by atoms with van der Waals surface area (Å²) in [5.41, 5.74) is 9.58. The molecule has 230 valence electrons. The molecule has 0 radical (unpaired) electrons. The van der Waals surface area contributed by atoms with E-state index in [-0.39, 0.29) is 18.1 Å². The molecule has 12 heteroatoms. The molecule has 0 unspecified atom stereocenters. The summed E-state index contributed by atoms with van der Waals surface area (Å²) in [5.74, 6) is -0.0422. The number of nitrogens with two attached hydrogens (primary N) is 2. The number of para-hydroxylation sites is 1. The lowest BCUT2D eigenvalue weighted by Crippen LogP contribution is -2.43. The van der Waals surface area contributed by atoms with E-state index >= 15 is 0 Å². The fourth-order valence-corrected chi connectivity index (χ4v) is 3.12. The van der Waals surface area contributed by atoms with Gasteiger partial charge in [0.15, 0.2) is 11.4 Å². The SMILES string of the molecule is CC(C)(CC(=O)c1ccccc1)[N+](=O)[O-].CC(C)(Oc1ccccc1N=Nc1ccccc1)C(N)=O.NC(=O)CCCCl. The van der Waals surface area contributed by atoms with Crippen molar-refractivity contribution >= 4 is 40.6 Å². The number of halogens is 1. The van der Waals surface area contributed by atoms with Crippen LogP contribution in [0.2, 0.25) is 0 Å². The second-order valence-electron chi connectivity index (χ2n) is 10.3. The largest absolute Gasteiger partial charge is 0.476 e. The van der Waals surface area contributed by atoms with Crippen molar-refractivity contribution in [3.63, 3.8) is 0 Å². The van der Waals surface area contributed by atoms with Gasteiger partial charge in [-0.3, -0.25) is 24.5 Å². The van der Waals surface area contributed by atoms with E-state index in [1.807, 2.05) is 36.4 Å². The van der Waals surface area contributed by atoms with Gasteiger partial charge < -0.3 is 16.2 Å². The summed E-state index contributed by atoms with van der Waals surface area (Å²) in [6.07, 6.45) is 1.02. The van der Waals surface area contributed by atoms with Crippen molar-refractivity contribution in [2.24, 2.45) is 21.7 Å². The molecule has 3 rings (SSSR count). The van der Waals surface area contributed by atoms with E-state index in [4.69, 9.17) is 27.8 Å². The third-order valence-corrected chi connectivity index (χ3v) is 5.86. The minimum Gasteiger partial charge on any atom is -0.476 e. The van der Waals surface area contributed by atoms with E-state index in [2.05, 4.69) is 10.2 Å². The Balaban J connectivity index is 0.000000366. The molecule has 0 heterocycles. The molecule has 0 aliphatic carbocycles. The first-order valence-corrected chi connectivity index (χ1v) is 13.8. The van der Waals surface area contributed by atoms with Crippen LogP contribution in [0.25, 0.3) is 0 Å². The number of azo groups is 1. The van der Waals surface area contributed by atoms with E-state index in [9.17, 15) is 24.5 Å². The first kappa shape index (κ1) is 36.4. The van der Waals surface area contributed by atoms with E-state index < -0.39 is 22.0 Å². The minimum absolute atomic E-state index is 0.0794. The van der Waals surface area contributed by atoms with Crippen molar-refractivity contribution in [1.82, 2.24) is 0 Å². The molecule has 2 amide bonds. The molecule has 0 aromatic heterocycles. The molecule has 4 N–H and O–H groups in total. The van der Waals surface area contributed by atoms with Crippen LogP contribution < -0.4 is 16.2 Å². The van der Waals surface area contributed by atoms with Crippen molar-refractivity contribution in [3.05, 3.63) is 101 Å². The normalized spacial score (nSPS) is 10.9. The summed E-state index contributed by atoms with van der Waals surface area (Å²) >= 11 is 5.24. The van der Waals surface area contributed by atoms with Crippen LogP contribution in [0.1, 0.15) is 57.3 Å². The number of hydrogen-bond acceptors (Lipinski definition) is 8. The maximum absolute atomic E-state index is 11.7. The maximum atomic E-state index is 11.7. The Bertz CT molecular complexity index is 1370. The number of nitrogens with zero attached hydrogens (tertiary/aromatic N) is 3. The molecule has 0 saturated heterocycles. The molecular formula is C31H38ClN5O6. The average Bonchev–Trinajstić information content (AvgIpc) is 2.96. The van der Waals surface area contributed by atoms with Crippen LogP contribution >= 0.6 is 11.6 Å². The molecule has 3 aromatic rings. The van der Waals surface area contributed by atoms with E-state index in [0.29, 0.717) is 35.7 Å². The highest BCUT2D eigenvalue weighted by molar-refractivity contribution is 6.17. The average molecular weight is 612 g/mol. The summed E-state index contributed by atoms with van der Waals surface area (Å²) in [5, 5.41) is 18.9. The van der Waals surface area contributed by atoms with Crippen molar-refractivity contribution < 1.29 is 24.0 Å². The van der Waals surface area contributed by atoms with Crippen LogP contribution in [0.3, 0.4) is 0 Å². The monoisotopic (exact) mass is 611 g/mol. The number of primary amides is 2. The highest BCUT2D eigenvalue weighted by atomic mass is 35.5. The van der Waals surface area contributed by atoms with Gasteiger partial charge in [0.1, 0.15) is 11.4 Å². The van der Waals surface area contributed by atoms with Gasteiger partial charge >= 0.3 is 0 Å². The Labute approximate surface area is 256 Å². The Hall–Kier alpha value is -4.64. The summed E-state index contributed by atoms with van der Waals surface area (Å²) in [4.78, 5) is 43.2.